The lowest BCUT2D eigenvalue weighted by Gasteiger charge is -2.21. The lowest BCUT2D eigenvalue weighted by atomic mass is 10.2. The highest BCUT2D eigenvalue weighted by Gasteiger charge is 2.17. The Labute approximate surface area is 64.0 Å². The van der Waals surface area contributed by atoms with Gasteiger partial charge in [0, 0.05) is 13.6 Å². The minimum Gasteiger partial charge on any atom is -0.364 e. The van der Waals surface area contributed by atoms with Crippen molar-refractivity contribution in [3.05, 3.63) is 23.7 Å². The van der Waals surface area contributed by atoms with E-state index in [4.69, 9.17) is 5.73 Å². The molecule has 2 N–H and O–H groups in total. The molecule has 1 aliphatic heterocycles. The second-order valence-electron chi connectivity index (χ2n) is 2.34. The third-order valence-electron chi connectivity index (χ3n) is 1.48. The van der Waals surface area contributed by atoms with E-state index in [0.29, 0.717) is 6.54 Å². The molecule has 4 heteroatoms. The van der Waals surface area contributed by atoms with Gasteiger partial charge in [-0.3, -0.25) is 4.79 Å². The van der Waals surface area contributed by atoms with Crippen molar-refractivity contribution in [3.8, 4) is 0 Å². The van der Waals surface area contributed by atoms with Crippen molar-refractivity contribution in [1.29, 1.82) is 0 Å². The van der Waals surface area contributed by atoms with Gasteiger partial charge in [-0.15, -0.1) is 0 Å². The number of carbonyl (C=O) groups excluding carboxylic acids is 1. The predicted octanol–water partition coefficient (Wildman–Crippen LogP) is 0.154. The van der Waals surface area contributed by atoms with Gasteiger partial charge < -0.3 is 10.6 Å². The normalized spacial score (nSPS) is 17.5. The highest BCUT2D eigenvalue weighted by Crippen LogP contribution is 2.15. The molecule has 0 unspecified atom stereocenters. The Morgan fingerprint density at radius 2 is 2.45 bits per heavy atom. The Morgan fingerprint density at radius 3 is 2.82 bits per heavy atom. The minimum atomic E-state index is -0.727. The van der Waals surface area contributed by atoms with Crippen LogP contribution in [0.4, 0.5) is 4.39 Å². The van der Waals surface area contributed by atoms with Gasteiger partial charge in [-0.1, -0.05) is 6.08 Å². The van der Waals surface area contributed by atoms with Crippen LogP contribution in [0.25, 0.3) is 0 Å². The Hall–Kier alpha value is -1.32. The molecule has 0 bridgehead atoms. The van der Waals surface area contributed by atoms with Gasteiger partial charge in [-0.2, -0.15) is 0 Å². The monoisotopic (exact) mass is 156 g/mol. The van der Waals surface area contributed by atoms with E-state index in [1.165, 1.54) is 11.0 Å². The highest BCUT2D eigenvalue weighted by atomic mass is 19.1. The molecule has 0 atom stereocenters. The van der Waals surface area contributed by atoms with Gasteiger partial charge in [0.15, 0.2) is 5.83 Å². The molecule has 1 rings (SSSR count). The van der Waals surface area contributed by atoms with E-state index in [1.807, 2.05) is 0 Å². The van der Waals surface area contributed by atoms with Crippen molar-refractivity contribution in [2.24, 2.45) is 5.73 Å². The number of nitrogens with two attached hydrogens (primary N) is 1. The Morgan fingerprint density at radius 1 is 1.82 bits per heavy atom. The number of nitrogens with zero attached hydrogens (tertiary/aromatic N) is 1. The van der Waals surface area contributed by atoms with Gasteiger partial charge in [0.25, 0.3) is 5.91 Å². The summed E-state index contributed by atoms with van der Waals surface area (Å²) in [6, 6.07) is 0. The van der Waals surface area contributed by atoms with E-state index in [9.17, 15) is 9.18 Å². The summed E-state index contributed by atoms with van der Waals surface area (Å²) in [6.07, 6.45) is 2.88. The summed E-state index contributed by atoms with van der Waals surface area (Å²) in [5, 5.41) is 0. The molecule has 11 heavy (non-hydrogen) atoms. The summed E-state index contributed by atoms with van der Waals surface area (Å²) in [5.41, 5.74) is 4.89. The van der Waals surface area contributed by atoms with Gasteiger partial charge in [0.2, 0.25) is 0 Å². The molecular weight excluding hydrogens is 147 g/mol. The molecule has 0 spiro atoms. The van der Waals surface area contributed by atoms with Crippen molar-refractivity contribution in [1.82, 2.24) is 4.90 Å². The van der Waals surface area contributed by atoms with E-state index in [-0.39, 0.29) is 5.70 Å². The lowest BCUT2D eigenvalue weighted by Crippen LogP contribution is -2.31. The van der Waals surface area contributed by atoms with Gasteiger partial charge in [0.05, 0.1) is 0 Å². The summed E-state index contributed by atoms with van der Waals surface area (Å²) in [7, 11) is 1.61. The Balaban J connectivity index is 3.01. The molecule has 0 aromatic carbocycles. The van der Waals surface area contributed by atoms with Crippen LogP contribution in [0.3, 0.4) is 0 Å². The molecular formula is C7H9FN2O. The Bertz CT molecular complexity index is 245. The first kappa shape index (κ1) is 7.78. The second kappa shape index (κ2) is 2.74. The first-order valence-corrected chi connectivity index (χ1v) is 3.20. The van der Waals surface area contributed by atoms with Crippen LogP contribution < -0.4 is 5.73 Å². The van der Waals surface area contributed by atoms with Crippen molar-refractivity contribution >= 4 is 5.91 Å². The molecule has 0 saturated carbocycles. The summed E-state index contributed by atoms with van der Waals surface area (Å²) < 4.78 is 12.8. The quantitative estimate of drug-likeness (QED) is 0.587. The molecule has 0 aromatic heterocycles. The lowest BCUT2D eigenvalue weighted by molar-refractivity contribution is -0.116. The van der Waals surface area contributed by atoms with Crippen LogP contribution in [0.15, 0.2) is 23.7 Å². The number of primary amides is 1. The SMILES string of the molecule is CN1CC=CC(F)=C1C(N)=O. The van der Waals surface area contributed by atoms with Crippen LogP contribution in [-0.2, 0) is 4.79 Å². The van der Waals surface area contributed by atoms with E-state index in [0.717, 1.165) is 0 Å². The van der Waals surface area contributed by atoms with Crippen molar-refractivity contribution in [3.63, 3.8) is 0 Å². The fourth-order valence-electron chi connectivity index (χ4n) is 0.973. The first-order chi connectivity index (χ1) is 5.13. The van der Waals surface area contributed by atoms with Crippen molar-refractivity contribution in [2.75, 3.05) is 13.6 Å². The zero-order chi connectivity index (χ0) is 8.43. The molecule has 0 fully saturated rings. The number of allylic oxidation sites excluding steroid dienone is 2. The highest BCUT2D eigenvalue weighted by molar-refractivity contribution is 5.92. The topological polar surface area (TPSA) is 46.3 Å². The number of hydrogen-bond acceptors (Lipinski definition) is 2. The maximum atomic E-state index is 12.8. The molecule has 1 amide bonds. The van der Waals surface area contributed by atoms with Gasteiger partial charge in [-0.25, -0.2) is 4.39 Å². The summed E-state index contributed by atoms with van der Waals surface area (Å²) in [5.74, 6) is -1.29. The third-order valence-corrected chi connectivity index (χ3v) is 1.48. The van der Waals surface area contributed by atoms with Gasteiger partial charge >= 0.3 is 0 Å². The second-order valence-corrected chi connectivity index (χ2v) is 2.34. The van der Waals surface area contributed by atoms with Crippen LogP contribution in [0.1, 0.15) is 0 Å². The number of hydrogen-bond donors (Lipinski definition) is 1. The van der Waals surface area contributed by atoms with Gasteiger partial charge in [-0.05, 0) is 6.08 Å². The van der Waals surface area contributed by atoms with Crippen LogP contribution in [-0.4, -0.2) is 24.4 Å². The fourth-order valence-corrected chi connectivity index (χ4v) is 0.973. The molecule has 1 heterocycles. The first-order valence-electron chi connectivity index (χ1n) is 3.20. The third kappa shape index (κ3) is 1.39. The molecule has 0 radical (unpaired) electrons. The smallest absolute Gasteiger partial charge is 0.268 e. The molecule has 0 aliphatic carbocycles. The van der Waals surface area contributed by atoms with E-state index in [1.54, 1.807) is 13.1 Å². The molecule has 1 aliphatic rings. The van der Waals surface area contributed by atoms with Crippen molar-refractivity contribution in [2.45, 2.75) is 0 Å². The predicted molar refractivity (Wildman–Crippen MR) is 39.1 cm³/mol. The van der Waals surface area contributed by atoms with Crippen LogP contribution >= 0.6 is 0 Å². The number of likely N-dealkylation sites (N-methyl/N-ethyl adjacent to an activating group) is 1. The average molecular weight is 156 g/mol. The average Bonchev–Trinajstić information content (AvgIpc) is 1.85. The van der Waals surface area contributed by atoms with Crippen LogP contribution in [0.5, 0.6) is 0 Å². The molecule has 3 nitrogen and oxygen atoms in total. The maximum Gasteiger partial charge on any atom is 0.268 e. The number of carbonyl (C=O) groups is 1. The number of amides is 1. The summed E-state index contributed by atoms with van der Waals surface area (Å²) >= 11 is 0. The van der Waals surface area contributed by atoms with E-state index in [2.05, 4.69) is 0 Å². The zero-order valence-electron chi connectivity index (χ0n) is 6.17. The largest absolute Gasteiger partial charge is 0.364 e. The van der Waals surface area contributed by atoms with Gasteiger partial charge in [0.1, 0.15) is 5.70 Å². The van der Waals surface area contributed by atoms with Crippen LogP contribution in [0, 0.1) is 0 Å². The van der Waals surface area contributed by atoms with Crippen molar-refractivity contribution < 1.29 is 9.18 Å². The standard InChI is InChI=1S/C7H9FN2O/c1-10-4-2-3-5(8)6(10)7(9)11/h2-3H,4H2,1H3,(H2,9,11). The van der Waals surface area contributed by atoms with Crippen LogP contribution in [0.2, 0.25) is 0 Å². The number of rotatable bonds is 1. The molecule has 0 aromatic rings. The minimum absolute atomic E-state index is 0.0486. The fraction of sp³-hybridized carbons (Fsp3) is 0.286. The maximum absolute atomic E-state index is 12.8. The number of halogens is 1. The molecule has 0 saturated heterocycles. The summed E-state index contributed by atoms with van der Waals surface area (Å²) in [6.45, 7) is 0.520. The summed E-state index contributed by atoms with van der Waals surface area (Å²) in [4.78, 5) is 12.1. The Kier molecular flexibility index (Phi) is 1.94. The zero-order valence-corrected chi connectivity index (χ0v) is 6.17. The van der Waals surface area contributed by atoms with E-state index >= 15 is 0 Å². The molecule has 60 valence electrons. The van der Waals surface area contributed by atoms with E-state index < -0.39 is 11.7 Å².